The average Bonchev–Trinajstić information content (AvgIpc) is 2.84. The van der Waals surface area contributed by atoms with E-state index in [-0.39, 0.29) is 6.23 Å². The third-order valence-corrected chi connectivity index (χ3v) is 7.24. The summed E-state index contributed by atoms with van der Waals surface area (Å²) in [7, 11) is 3.35. The van der Waals surface area contributed by atoms with Crippen molar-refractivity contribution in [1.29, 1.82) is 0 Å². The predicted molar refractivity (Wildman–Crippen MR) is 113 cm³/mol. The van der Waals surface area contributed by atoms with Crippen LogP contribution in [-0.2, 0) is 0 Å². The van der Waals surface area contributed by atoms with Crippen molar-refractivity contribution < 1.29 is 14.2 Å². The normalized spacial score (nSPS) is 20.1. The lowest BCUT2D eigenvalue weighted by atomic mass is 9.97. The first-order valence-corrected chi connectivity index (χ1v) is 11.1. The van der Waals surface area contributed by atoms with Gasteiger partial charge in [-0.2, -0.15) is 0 Å². The average molecular weight is 406 g/mol. The van der Waals surface area contributed by atoms with Crippen molar-refractivity contribution in [3.8, 4) is 17.2 Å². The Labute approximate surface area is 170 Å². The predicted octanol–water partition coefficient (Wildman–Crippen LogP) is 4.91. The van der Waals surface area contributed by atoms with Crippen LogP contribution in [0.1, 0.15) is 13.3 Å². The summed E-state index contributed by atoms with van der Waals surface area (Å²) < 4.78 is 16.9. The van der Waals surface area contributed by atoms with Gasteiger partial charge in [0.2, 0.25) is 0 Å². The molecule has 2 aromatic rings. The van der Waals surface area contributed by atoms with E-state index in [9.17, 15) is 0 Å². The highest BCUT2D eigenvalue weighted by atomic mass is 32.2. The van der Waals surface area contributed by atoms with E-state index in [2.05, 4.69) is 19.1 Å². The van der Waals surface area contributed by atoms with Gasteiger partial charge < -0.3 is 14.2 Å². The van der Waals surface area contributed by atoms with E-state index in [1.165, 1.54) is 4.90 Å². The smallest absolute Gasteiger partial charge is 0.174 e. The summed E-state index contributed by atoms with van der Waals surface area (Å²) in [6, 6.07) is 14.1. The van der Waals surface area contributed by atoms with Gasteiger partial charge in [-0.1, -0.05) is 25.1 Å². The number of hydrogen-bond donors (Lipinski definition) is 1. The number of ether oxygens (including phenoxy) is 3. The van der Waals surface area contributed by atoms with Crippen LogP contribution < -0.4 is 19.9 Å². The second-order valence-corrected chi connectivity index (χ2v) is 8.87. The minimum atomic E-state index is -0.264. The number of thioether (sulfide) groups is 2. The van der Waals surface area contributed by atoms with Crippen molar-refractivity contribution in [1.82, 2.24) is 0 Å². The molecule has 1 heterocycles. The van der Waals surface area contributed by atoms with Gasteiger partial charge in [0.25, 0.3) is 0 Å². The van der Waals surface area contributed by atoms with E-state index in [0.29, 0.717) is 11.8 Å². The fourth-order valence-electron chi connectivity index (χ4n) is 3.19. The van der Waals surface area contributed by atoms with Gasteiger partial charge in [-0.15, -0.1) is 23.5 Å². The number of nitrogens with two attached hydrogens (primary N) is 1. The van der Waals surface area contributed by atoms with Crippen LogP contribution in [0.25, 0.3) is 0 Å². The lowest BCUT2D eigenvalue weighted by Gasteiger charge is -2.24. The molecule has 3 rings (SSSR count). The maximum absolute atomic E-state index is 6.35. The lowest BCUT2D eigenvalue weighted by Crippen LogP contribution is -2.37. The molecular formula is C21H27NO3S2. The molecule has 2 N–H and O–H groups in total. The number of hydrogen-bond acceptors (Lipinski definition) is 6. The molecule has 4 nitrogen and oxygen atoms in total. The topological polar surface area (TPSA) is 53.7 Å². The molecule has 0 aromatic heterocycles. The van der Waals surface area contributed by atoms with Gasteiger partial charge in [-0.3, -0.25) is 5.73 Å². The van der Waals surface area contributed by atoms with Gasteiger partial charge in [0.15, 0.2) is 17.7 Å². The van der Waals surface area contributed by atoms with Crippen LogP contribution in [0.15, 0.2) is 52.3 Å². The van der Waals surface area contributed by atoms with E-state index in [1.54, 1.807) is 26.0 Å². The van der Waals surface area contributed by atoms with Gasteiger partial charge in [0.1, 0.15) is 5.75 Å². The molecule has 1 aliphatic heterocycles. The highest BCUT2D eigenvalue weighted by Crippen LogP contribution is 2.40. The Morgan fingerprint density at radius 3 is 2.78 bits per heavy atom. The second kappa shape index (κ2) is 9.62. The van der Waals surface area contributed by atoms with Crippen molar-refractivity contribution >= 4 is 23.5 Å². The maximum Gasteiger partial charge on any atom is 0.174 e. The Kier molecular flexibility index (Phi) is 7.21. The summed E-state index contributed by atoms with van der Waals surface area (Å²) in [5.74, 6) is 5.28. The third-order valence-electron chi connectivity index (χ3n) is 4.63. The van der Waals surface area contributed by atoms with E-state index in [0.717, 1.165) is 40.1 Å². The molecule has 0 saturated heterocycles. The second-order valence-electron chi connectivity index (χ2n) is 6.74. The van der Waals surface area contributed by atoms with E-state index in [1.807, 2.05) is 42.1 Å². The number of benzene rings is 2. The van der Waals surface area contributed by atoms with E-state index in [4.69, 9.17) is 19.9 Å². The molecule has 3 atom stereocenters. The van der Waals surface area contributed by atoms with Crippen molar-refractivity contribution in [3.63, 3.8) is 0 Å². The molecule has 0 fully saturated rings. The van der Waals surface area contributed by atoms with Crippen molar-refractivity contribution in [2.45, 2.75) is 29.4 Å². The highest BCUT2D eigenvalue weighted by Gasteiger charge is 2.26. The van der Waals surface area contributed by atoms with E-state index >= 15 is 0 Å². The molecule has 27 heavy (non-hydrogen) atoms. The Morgan fingerprint density at radius 2 is 2.00 bits per heavy atom. The van der Waals surface area contributed by atoms with Crippen LogP contribution in [0.4, 0.5) is 0 Å². The lowest BCUT2D eigenvalue weighted by molar-refractivity contribution is 0.138. The minimum Gasteiger partial charge on any atom is -0.493 e. The first-order chi connectivity index (χ1) is 13.1. The monoisotopic (exact) mass is 405 g/mol. The van der Waals surface area contributed by atoms with Crippen molar-refractivity contribution in [3.05, 3.63) is 42.5 Å². The van der Waals surface area contributed by atoms with Crippen molar-refractivity contribution in [2.24, 2.45) is 17.6 Å². The molecule has 0 aliphatic carbocycles. The number of fused-ring (bicyclic) bond motifs is 1. The van der Waals surface area contributed by atoms with Gasteiger partial charge in [0.05, 0.1) is 19.1 Å². The largest absolute Gasteiger partial charge is 0.493 e. The first kappa shape index (κ1) is 20.2. The van der Waals surface area contributed by atoms with Crippen LogP contribution in [0, 0.1) is 11.8 Å². The molecule has 3 unspecified atom stereocenters. The summed E-state index contributed by atoms with van der Waals surface area (Å²) in [6.07, 6.45) is 0.765. The summed E-state index contributed by atoms with van der Waals surface area (Å²) in [4.78, 5) is 2.28. The molecule has 0 spiro atoms. The molecule has 0 radical (unpaired) electrons. The van der Waals surface area contributed by atoms with Gasteiger partial charge in [0, 0.05) is 22.3 Å². The SMILES string of the molecule is COc1cccc(SCC(C)CC2CSc3ccccc3OC2N)c1OC. The van der Waals surface area contributed by atoms with Crippen LogP contribution in [-0.4, -0.2) is 32.0 Å². The molecule has 0 saturated carbocycles. The molecule has 0 bridgehead atoms. The minimum absolute atomic E-state index is 0.264. The number of rotatable bonds is 7. The zero-order valence-corrected chi connectivity index (χ0v) is 17.6. The molecule has 1 aliphatic rings. The Morgan fingerprint density at radius 1 is 1.19 bits per heavy atom. The quantitative estimate of drug-likeness (QED) is 0.661. The molecule has 2 aromatic carbocycles. The zero-order valence-electron chi connectivity index (χ0n) is 16.0. The fourth-order valence-corrected chi connectivity index (χ4v) is 5.43. The Hall–Kier alpha value is -1.50. The zero-order chi connectivity index (χ0) is 19.2. The summed E-state index contributed by atoms with van der Waals surface area (Å²) in [5, 5.41) is 0. The maximum atomic E-state index is 6.35. The first-order valence-electron chi connectivity index (χ1n) is 9.10. The third kappa shape index (κ3) is 5.06. The summed E-state index contributed by atoms with van der Waals surface area (Å²) >= 11 is 3.64. The Balaban J connectivity index is 1.58. The highest BCUT2D eigenvalue weighted by molar-refractivity contribution is 7.99. The van der Waals surface area contributed by atoms with E-state index < -0.39 is 0 Å². The summed E-state index contributed by atoms with van der Waals surface area (Å²) in [6.45, 7) is 2.27. The van der Waals surface area contributed by atoms with Crippen LogP contribution in [0.3, 0.4) is 0 Å². The van der Waals surface area contributed by atoms with Crippen LogP contribution >= 0.6 is 23.5 Å². The van der Waals surface area contributed by atoms with Gasteiger partial charge in [-0.05, 0) is 36.6 Å². The van der Waals surface area contributed by atoms with Crippen LogP contribution in [0.5, 0.6) is 17.2 Å². The number of para-hydroxylation sites is 2. The Bertz CT molecular complexity index is 756. The van der Waals surface area contributed by atoms with Crippen molar-refractivity contribution in [2.75, 3.05) is 25.7 Å². The van der Waals surface area contributed by atoms with Gasteiger partial charge in [-0.25, -0.2) is 0 Å². The number of methoxy groups -OCH3 is 2. The standard InChI is InChI=1S/C21H27NO3S2/c1-14(12-26-19-10-6-8-17(23-2)20(19)24-3)11-15-13-27-18-9-5-4-7-16(18)25-21(15)22/h4-10,14-15,21H,11-13,22H2,1-3H3. The molecular weight excluding hydrogens is 378 g/mol. The van der Waals surface area contributed by atoms with Crippen LogP contribution in [0.2, 0.25) is 0 Å². The molecule has 146 valence electrons. The van der Waals surface area contributed by atoms with Gasteiger partial charge >= 0.3 is 0 Å². The summed E-state index contributed by atoms with van der Waals surface area (Å²) in [5.41, 5.74) is 6.35. The molecule has 6 heteroatoms. The fraction of sp³-hybridized carbons (Fsp3) is 0.429. The molecule has 0 amide bonds.